The largest absolute Gasteiger partial charge is 0.386 e. The Morgan fingerprint density at radius 2 is 2.13 bits per heavy atom. The monoisotopic (exact) mass is 268 g/mol. The normalized spacial score (nSPS) is 12.3. The van der Waals surface area contributed by atoms with Gasteiger partial charge in [0.1, 0.15) is 5.65 Å². The highest BCUT2D eigenvalue weighted by atomic mass is 79.9. The summed E-state index contributed by atoms with van der Waals surface area (Å²) >= 11 is 3.48. The molecular weight excluding hydrogens is 256 g/mol. The van der Waals surface area contributed by atoms with Gasteiger partial charge in [0.05, 0.1) is 5.60 Å². The van der Waals surface area contributed by atoms with Gasteiger partial charge in [0, 0.05) is 34.9 Å². The molecule has 0 radical (unpaired) electrons. The summed E-state index contributed by atoms with van der Waals surface area (Å²) in [5.74, 6) is 0. The Labute approximate surface area is 96.9 Å². The third-order valence-electron chi connectivity index (χ3n) is 2.47. The van der Waals surface area contributed by atoms with Crippen LogP contribution in [-0.4, -0.2) is 14.7 Å². The molecule has 0 spiro atoms. The Morgan fingerprint density at radius 3 is 2.73 bits per heavy atom. The van der Waals surface area contributed by atoms with Crippen molar-refractivity contribution < 1.29 is 5.11 Å². The van der Waals surface area contributed by atoms with E-state index < -0.39 is 5.60 Å². The molecule has 4 heteroatoms. The maximum atomic E-state index is 9.88. The Balaban J connectivity index is 2.71. The van der Waals surface area contributed by atoms with Crippen molar-refractivity contribution >= 4 is 27.0 Å². The summed E-state index contributed by atoms with van der Waals surface area (Å²) in [5.41, 5.74) is 0.882. The average Bonchev–Trinajstić information content (AvgIpc) is 2.41. The van der Waals surface area contributed by atoms with E-state index in [1.807, 2.05) is 23.9 Å². The molecule has 0 aromatic carbocycles. The second kappa shape index (κ2) is 3.32. The van der Waals surface area contributed by atoms with E-state index in [0.717, 1.165) is 21.1 Å². The van der Waals surface area contributed by atoms with Gasteiger partial charge >= 0.3 is 0 Å². The van der Waals surface area contributed by atoms with Gasteiger partial charge in [-0.3, -0.25) is 0 Å². The highest BCUT2D eigenvalue weighted by Gasteiger charge is 2.18. The smallest absolute Gasteiger partial charge is 0.140 e. The van der Waals surface area contributed by atoms with Crippen molar-refractivity contribution in [2.75, 3.05) is 0 Å². The molecule has 0 aliphatic heterocycles. The molecule has 0 atom stereocenters. The van der Waals surface area contributed by atoms with E-state index >= 15 is 0 Å². The van der Waals surface area contributed by atoms with Crippen LogP contribution in [0.15, 0.2) is 22.9 Å². The molecule has 2 heterocycles. The van der Waals surface area contributed by atoms with Gasteiger partial charge in [0.15, 0.2) is 0 Å². The first-order valence-corrected chi connectivity index (χ1v) is 5.52. The average molecular weight is 269 g/mol. The van der Waals surface area contributed by atoms with Gasteiger partial charge in [-0.15, -0.1) is 0 Å². The number of rotatable bonds is 1. The standard InChI is InChI=1S/C11H13BrN2O/c1-11(2,15)7-4-8-9(12)6-14(3)10(8)13-5-7/h4-6,15H,1-3H3. The molecule has 1 N–H and O–H groups in total. The zero-order chi connectivity index (χ0) is 11.2. The van der Waals surface area contributed by atoms with Crippen LogP contribution in [0.25, 0.3) is 11.0 Å². The molecule has 2 rings (SSSR count). The molecule has 3 nitrogen and oxygen atoms in total. The number of aryl methyl sites for hydroxylation is 1. The maximum absolute atomic E-state index is 9.88. The lowest BCUT2D eigenvalue weighted by Gasteiger charge is -2.17. The fourth-order valence-electron chi connectivity index (χ4n) is 1.55. The molecule has 0 aliphatic carbocycles. The van der Waals surface area contributed by atoms with Gasteiger partial charge < -0.3 is 9.67 Å². The van der Waals surface area contributed by atoms with Crippen LogP contribution in [-0.2, 0) is 12.6 Å². The predicted molar refractivity (Wildman–Crippen MR) is 63.7 cm³/mol. The van der Waals surface area contributed by atoms with E-state index in [9.17, 15) is 5.11 Å². The second-order valence-corrected chi connectivity index (χ2v) is 5.10. The summed E-state index contributed by atoms with van der Waals surface area (Å²) in [7, 11) is 1.95. The second-order valence-electron chi connectivity index (χ2n) is 4.24. The summed E-state index contributed by atoms with van der Waals surface area (Å²) in [6.07, 6.45) is 3.68. The highest BCUT2D eigenvalue weighted by molar-refractivity contribution is 9.10. The van der Waals surface area contributed by atoms with Crippen LogP contribution in [0.4, 0.5) is 0 Å². The quantitative estimate of drug-likeness (QED) is 0.864. The summed E-state index contributed by atoms with van der Waals surface area (Å²) in [4.78, 5) is 4.34. The van der Waals surface area contributed by atoms with Crippen LogP contribution >= 0.6 is 15.9 Å². The van der Waals surface area contributed by atoms with Crippen LogP contribution in [0.5, 0.6) is 0 Å². The first-order chi connectivity index (χ1) is 6.89. The zero-order valence-corrected chi connectivity index (χ0v) is 10.5. The number of aliphatic hydroxyl groups is 1. The Morgan fingerprint density at radius 1 is 1.47 bits per heavy atom. The van der Waals surface area contributed by atoms with E-state index in [2.05, 4.69) is 20.9 Å². The summed E-state index contributed by atoms with van der Waals surface area (Å²) < 4.78 is 2.95. The Kier molecular flexibility index (Phi) is 2.35. The van der Waals surface area contributed by atoms with E-state index in [1.54, 1.807) is 20.0 Å². The molecule has 0 aliphatic rings. The Bertz CT molecular complexity index is 511. The van der Waals surface area contributed by atoms with Crippen molar-refractivity contribution in [3.05, 3.63) is 28.5 Å². The number of nitrogens with zero attached hydrogens (tertiary/aromatic N) is 2. The van der Waals surface area contributed by atoms with Gasteiger partial charge in [-0.05, 0) is 35.8 Å². The topological polar surface area (TPSA) is 38.0 Å². The zero-order valence-electron chi connectivity index (χ0n) is 8.95. The number of hydrogen-bond acceptors (Lipinski definition) is 2. The van der Waals surface area contributed by atoms with Crippen LogP contribution < -0.4 is 0 Å². The molecule has 80 valence electrons. The van der Waals surface area contributed by atoms with Gasteiger partial charge in [0.25, 0.3) is 0 Å². The van der Waals surface area contributed by atoms with Crippen molar-refractivity contribution in [2.24, 2.45) is 7.05 Å². The molecule has 0 saturated heterocycles. The first-order valence-electron chi connectivity index (χ1n) is 4.73. The van der Waals surface area contributed by atoms with Gasteiger partial charge in [-0.2, -0.15) is 0 Å². The van der Waals surface area contributed by atoms with Crippen molar-refractivity contribution in [1.29, 1.82) is 0 Å². The molecule has 0 fully saturated rings. The molecule has 15 heavy (non-hydrogen) atoms. The molecule has 0 amide bonds. The lowest BCUT2D eigenvalue weighted by molar-refractivity contribution is 0.0784. The molecule has 2 aromatic rings. The van der Waals surface area contributed by atoms with Crippen molar-refractivity contribution in [3.63, 3.8) is 0 Å². The molecule has 0 bridgehead atoms. The van der Waals surface area contributed by atoms with Crippen LogP contribution in [0.2, 0.25) is 0 Å². The fourth-order valence-corrected chi connectivity index (χ4v) is 2.15. The SMILES string of the molecule is Cn1cc(Br)c2cc(C(C)(C)O)cnc21. The highest BCUT2D eigenvalue weighted by Crippen LogP contribution is 2.28. The minimum Gasteiger partial charge on any atom is -0.386 e. The predicted octanol–water partition coefficient (Wildman–Crippen LogP) is 2.56. The number of hydrogen-bond donors (Lipinski definition) is 1. The van der Waals surface area contributed by atoms with Crippen LogP contribution in [0.1, 0.15) is 19.4 Å². The minimum absolute atomic E-state index is 0.821. The number of fused-ring (bicyclic) bond motifs is 1. The summed E-state index contributed by atoms with van der Waals surface area (Å²) in [6.45, 7) is 3.51. The third kappa shape index (κ3) is 1.79. The van der Waals surface area contributed by atoms with Crippen LogP contribution in [0, 0.1) is 0 Å². The van der Waals surface area contributed by atoms with E-state index in [4.69, 9.17) is 0 Å². The molecule has 2 aromatic heterocycles. The lowest BCUT2D eigenvalue weighted by atomic mass is 10.00. The number of aromatic nitrogens is 2. The third-order valence-corrected chi connectivity index (χ3v) is 3.10. The number of pyridine rings is 1. The van der Waals surface area contributed by atoms with Gasteiger partial charge in [-0.1, -0.05) is 0 Å². The maximum Gasteiger partial charge on any atom is 0.140 e. The van der Waals surface area contributed by atoms with E-state index in [0.29, 0.717) is 0 Å². The molecular formula is C11H13BrN2O. The van der Waals surface area contributed by atoms with Gasteiger partial charge in [0.2, 0.25) is 0 Å². The van der Waals surface area contributed by atoms with Gasteiger partial charge in [-0.25, -0.2) is 4.98 Å². The van der Waals surface area contributed by atoms with E-state index in [1.165, 1.54) is 0 Å². The Hall–Kier alpha value is -0.870. The summed E-state index contributed by atoms with van der Waals surface area (Å²) in [5, 5.41) is 10.9. The molecule has 0 unspecified atom stereocenters. The fraction of sp³-hybridized carbons (Fsp3) is 0.364. The van der Waals surface area contributed by atoms with Crippen LogP contribution in [0.3, 0.4) is 0 Å². The van der Waals surface area contributed by atoms with Crippen molar-refractivity contribution in [2.45, 2.75) is 19.4 Å². The summed E-state index contributed by atoms with van der Waals surface area (Å²) in [6, 6.07) is 1.96. The minimum atomic E-state index is -0.851. The number of halogens is 1. The van der Waals surface area contributed by atoms with E-state index in [-0.39, 0.29) is 0 Å². The molecule has 0 saturated carbocycles. The van der Waals surface area contributed by atoms with Crippen molar-refractivity contribution in [3.8, 4) is 0 Å². The first kappa shape index (κ1) is 10.6. The van der Waals surface area contributed by atoms with Crippen molar-refractivity contribution in [1.82, 2.24) is 9.55 Å². The lowest BCUT2D eigenvalue weighted by Crippen LogP contribution is -2.15.